The van der Waals surface area contributed by atoms with Crippen LogP contribution in [0.15, 0.2) is 47.4 Å². The maximum absolute atomic E-state index is 14.3. The van der Waals surface area contributed by atoms with E-state index in [1.807, 2.05) is 6.07 Å². The van der Waals surface area contributed by atoms with E-state index in [1.54, 1.807) is 56.0 Å². The van der Waals surface area contributed by atoms with Crippen molar-refractivity contribution in [2.24, 2.45) is 7.05 Å². The molecule has 0 spiro atoms. The number of rotatable bonds is 3. The maximum atomic E-state index is 14.3. The highest BCUT2D eigenvalue weighted by Crippen LogP contribution is 2.27. The maximum Gasteiger partial charge on any atom is 0.327 e. The molecule has 0 amide bonds. The van der Waals surface area contributed by atoms with Gasteiger partial charge in [-0.15, -0.1) is 0 Å². The third-order valence-electron chi connectivity index (χ3n) is 5.23. The van der Waals surface area contributed by atoms with E-state index in [2.05, 4.69) is 36.9 Å². The van der Waals surface area contributed by atoms with E-state index >= 15 is 0 Å². The summed E-state index contributed by atoms with van der Waals surface area (Å²) < 4.78 is 17.3. The van der Waals surface area contributed by atoms with Crippen LogP contribution in [-0.2, 0) is 13.6 Å². The van der Waals surface area contributed by atoms with E-state index in [-0.39, 0.29) is 29.6 Å². The molecule has 0 aliphatic rings. The van der Waals surface area contributed by atoms with Crippen molar-refractivity contribution in [3.05, 3.63) is 70.2 Å². The molecular weight excluding hydrogens is 437 g/mol. The van der Waals surface area contributed by atoms with E-state index in [1.165, 1.54) is 10.6 Å². The summed E-state index contributed by atoms with van der Waals surface area (Å²) in [6.45, 7) is 3.27. The Kier molecular flexibility index (Phi) is 4.99. The lowest BCUT2D eigenvalue weighted by atomic mass is 10.1. The third-order valence-corrected chi connectivity index (χ3v) is 5.23. The zero-order valence-electron chi connectivity index (χ0n) is 18.7. The fourth-order valence-electron chi connectivity index (χ4n) is 3.62. The van der Waals surface area contributed by atoms with Gasteiger partial charge in [0, 0.05) is 18.8 Å². The number of aromatic nitrogens is 7. The molecule has 0 bridgehead atoms. The number of imidazole rings is 1. The quantitative estimate of drug-likeness (QED) is 0.402. The fourth-order valence-corrected chi connectivity index (χ4v) is 3.62. The molecule has 0 unspecified atom stereocenters. The number of H-pyrrole nitrogens is 1. The van der Waals surface area contributed by atoms with Crippen molar-refractivity contribution in [1.29, 1.82) is 0 Å². The Morgan fingerprint density at radius 2 is 1.97 bits per heavy atom. The molecule has 10 heteroatoms. The van der Waals surface area contributed by atoms with Crippen LogP contribution in [0.3, 0.4) is 0 Å². The summed E-state index contributed by atoms with van der Waals surface area (Å²) in [5.74, 6) is 5.48. The van der Waals surface area contributed by atoms with Gasteiger partial charge in [-0.25, -0.2) is 28.8 Å². The molecule has 4 heterocycles. The Morgan fingerprint density at radius 1 is 1.18 bits per heavy atom. The SMILES string of the molecule is Cn1c(=O)[nH]c2nc(-c3nn(Cc4ccccc4F)c4ncccc34)nc(C#CC(C)(C)O)c21. The summed E-state index contributed by atoms with van der Waals surface area (Å²) in [5, 5.41) is 15.4. The van der Waals surface area contributed by atoms with Crippen LogP contribution in [0.5, 0.6) is 0 Å². The number of hydrogen-bond acceptors (Lipinski definition) is 6. The van der Waals surface area contributed by atoms with Crippen molar-refractivity contribution in [2.75, 3.05) is 0 Å². The lowest BCUT2D eigenvalue weighted by Crippen LogP contribution is -2.15. The number of hydrogen-bond donors (Lipinski definition) is 2. The average Bonchev–Trinajstić information content (AvgIpc) is 3.30. The topological polar surface area (TPSA) is 115 Å². The summed E-state index contributed by atoms with van der Waals surface area (Å²) in [6.07, 6.45) is 1.63. The summed E-state index contributed by atoms with van der Waals surface area (Å²) in [7, 11) is 1.59. The Morgan fingerprint density at radius 3 is 2.74 bits per heavy atom. The van der Waals surface area contributed by atoms with Crippen molar-refractivity contribution in [1.82, 2.24) is 34.3 Å². The molecule has 0 aliphatic carbocycles. The van der Waals surface area contributed by atoms with Crippen LogP contribution < -0.4 is 5.69 Å². The highest BCUT2D eigenvalue weighted by atomic mass is 19.1. The molecule has 0 aliphatic heterocycles. The molecule has 9 nitrogen and oxygen atoms in total. The number of aliphatic hydroxyl groups is 1. The van der Waals surface area contributed by atoms with Crippen molar-refractivity contribution in [3.63, 3.8) is 0 Å². The minimum absolute atomic E-state index is 0.163. The van der Waals surface area contributed by atoms with E-state index in [4.69, 9.17) is 0 Å². The van der Waals surface area contributed by atoms with Gasteiger partial charge in [0.25, 0.3) is 0 Å². The minimum atomic E-state index is -1.26. The van der Waals surface area contributed by atoms with Gasteiger partial charge in [-0.05, 0) is 38.0 Å². The average molecular weight is 457 g/mol. The first-order chi connectivity index (χ1) is 16.2. The lowest BCUT2D eigenvalue weighted by molar-refractivity contribution is 0.143. The Bertz CT molecular complexity index is 1680. The smallest absolute Gasteiger partial charge is 0.327 e. The number of fused-ring (bicyclic) bond motifs is 2. The molecule has 0 atom stereocenters. The minimum Gasteiger partial charge on any atom is -0.378 e. The van der Waals surface area contributed by atoms with Gasteiger partial charge in [-0.1, -0.05) is 24.1 Å². The number of benzene rings is 1. The Hall–Kier alpha value is -4.36. The van der Waals surface area contributed by atoms with Gasteiger partial charge in [0.1, 0.15) is 28.3 Å². The van der Waals surface area contributed by atoms with Gasteiger partial charge >= 0.3 is 5.69 Å². The van der Waals surface area contributed by atoms with Crippen LogP contribution in [0.4, 0.5) is 4.39 Å². The van der Waals surface area contributed by atoms with Crippen LogP contribution >= 0.6 is 0 Å². The number of nitrogens with one attached hydrogen (secondary N) is 1. The van der Waals surface area contributed by atoms with E-state index in [9.17, 15) is 14.3 Å². The summed E-state index contributed by atoms with van der Waals surface area (Å²) >= 11 is 0. The van der Waals surface area contributed by atoms with Crippen LogP contribution in [-0.4, -0.2) is 45.0 Å². The van der Waals surface area contributed by atoms with Crippen molar-refractivity contribution < 1.29 is 9.50 Å². The molecule has 0 saturated carbocycles. The number of nitrogens with zero attached hydrogens (tertiary/aromatic N) is 6. The molecule has 1 aromatic carbocycles. The second-order valence-corrected chi connectivity index (χ2v) is 8.36. The number of halogens is 1. The first kappa shape index (κ1) is 21.5. The van der Waals surface area contributed by atoms with Gasteiger partial charge in [0.2, 0.25) is 0 Å². The number of pyridine rings is 1. The van der Waals surface area contributed by atoms with E-state index in [0.717, 1.165) is 0 Å². The zero-order chi connectivity index (χ0) is 24.0. The first-order valence-electron chi connectivity index (χ1n) is 10.5. The van der Waals surface area contributed by atoms with Crippen molar-refractivity contribution >= 4 is 22.2 Å². The Balaban J connectivity index is 1.73. The summed E-state index contributed by atoms with van der Waals surface area (Å²) in [4.78, 5) is 28.5. The predicted octanol–water partition coefficient (Wildman–Crippen LogP) is 2.38. The molecular formula is C24H20FN7O2. The van der Waals surface area contributed by atoms with E-state index in [0.29, 0.717) is 33.5 Å². The largest absolute Gasteiger partial charge is 0.378 e. The Labute approximate surface area is 192 Å². The van der Waals surface area contributed by atoms with Crippen molar-refractivity contribution in [2.45, 2.75) is 26.0 Å². The molecule has 0 saturated heterocycles. The highest BCUT2D eigenvalue weighted by molar-refractivity contribution is 5.90. The fraction of sp³-hybridized carbons (Fsp3) is 0.208. The molecule has 2 N–H and O–H groups in total. The third kappa shape index (κ3) is 3.82. The summed E-state index contributed by atoms with van der Waals surface area (Å²) in [6, 6.07) is 10.1. The van der Waals surface area contributed by atoms with E-state index < -0.39 is 5.60 Å². The highest BCUT2D eigenvalue weighted by Gasteiger charge is 2.20. The van der Waals surface area contributed by atoms with Crippen LogP contribution in [0, 0.1) is 17.7 Å². The standard InChI is InChI=1S/C24H20FN7O2/c1-24(2,34)11-10-17-19-21(29-23(33)31(19)3)28-20(27-17)18-15-8-6-12-26-22(15)32(30-18)13-14-7-4-5-9-16(14)25/h4-9,12,34H,13H2,1-3H3,(H,27,28,29,33). The molecule has 0 fully saturated rings. The molecule has 0 radical (unpaired) electrons. The first-order valence-corrected chi connectivity index (χ1v) is 10.5. The van der Waals surface area contributed by atoms with Crippen molar-refractivity contribution in [3.8, 4) is 23.4 Å². The van der Waals surface area contributed by atoms with Gasteiger partial charge in [-0.2, -0.15) is 5.10 Å². The molecule has 170 valence electrons. The second kappa shape index (κ2) is 7.90. The lowest BCUT2D eigenvalue weighted by Gasteiger charge is -2.06. The molecule has 4 aromatic heterocycles. The zero-order valence-corrected chi connectivity index (χ0v) is 18.7. The van der Waals surface area contributed by atoms with Gasteiger partial charge in [-0.3, -0.25) is 9.55 Å². The molecule has 5 rings (SSSR count). The number of aromatic amines is 1. The monoisotopic (exact) mass is 457 g/mol. The molecule has 34 heavy (non-hydrogen) atoms. The second-order valence-electron chi connectivity index (χ2n) is 8.36. The van der Waals surface area contributed by atoms with Crippen LogP contribution in [0.25, 0.3) is 33.7 Å². The van der Waals surface area contributed by atoms with Crippen LogP contribution in [0.1, 0.15) is 25.1 Å². The van der Waals surface area contributed by atoms with Crippen LogP contribution in [0.2, 0.25) is 0 Å². The van der Waals surface area contributed by atoms with Gasteiger partial charge in [0.05, 0.1) is 11.9 Å². The predicted molar refractivity (Wildman–Crippen MR) is 124 cm³/mol. The van der Waals surface area contributed by atoms with Gasteiger partial charge in [0.15, 0.2) is 17.1 Å². The van der Waals surface area contributed by atoms with Gasteiger partial charge < -0.3 is 5.11 Å². The molecule has 5 aromatic rings. The normalized spacial score (nSPS) is 11.7. The summed E-state index contributed by atoms with van der Waals surface area (Å²) in [5.41, 5.74) is 0.756. The number of aryl methyl sites for hydroxylation is 1.